The number of hydrogen-bond donors (Lipinski definition) is 1. The monoisotopic (exact) mass is 371 g/mol. The van der Waals surface area contributed by atoms with E-state index in [9.17, 15) is 0 Å². The van der Waals surface area contributed by atoms with E-state index in [0.29, 0.717) is 17.9 Å². The number of ether oxygens (including phenoxy) is 2. The van der Waals surface area contributed by atoms with Gasteiger partial charge in [0.2, 0.25) is 5.28 Å². The molecule has 0 aromatic carbocycles. The molecule has 1 rings (SSSR count). The molecule has 2 unspecified atom stereocenters. The Hall–Kier alpha value is -0.910. The quantitative estimate of drug-likeness (QED) is 0.275. The summed E-state index contributed by atoms with van der Waals surface area (Å²) in [5.41, 5.74) is 0.971. The summed E-state index contributed by atoms with van der Waals surface area (Å²) in [6, 6.07) is 2.41. The molecule has 25 heavy (non-hydrogen) atoms. The summed E-state index contributed by atoms with van der Waals surface area (Å²) >= 11 is 5.99. The Balaban J connectivity index is 2.21. The van der Waals surface area contributed by atoms with Gasteiger partial charge in [0.25, 0.3) is 0 Å². The van der Waals surface area contributed by atoms with Gasteiger partial charge in [-0.1, -0.05) is 33.1 Å². The van der Waals surface area contributed by atoms with Crippen molar-refractivity contribution >= 4 is 17.4 Å². The Labute approximate surface area is 157 Å². The third-order valence-corrected chi connectivity index (χ3v) is 4.33. The van der Waals surface area contributed by atoms with Crippen LogP contribution in [0.25, 0.3) is 0 Å². The lowest BCUT2D eigenvalue weighted by atomic mass is 10.1. The second kappa shape index (κ2) is 13.3. The Morgan fingerprint density at radius 3 is 2.52 bits per heavy atom. The van der Waals surface area contributed by atoms with Gasteiger partial charge in [0.15, 0.2) is 6.29 Å². The van der Waals surface area contributed by atoms with Gasteiger partial charge in [-0.3, -0.25) is 0 Å². The first-order chi connectivity index (χ1) is 12.1. The zero-order valence-corrected chi connectivity index (χ0v) is 16.9. The van der Waals surface area contributed by atoms with Crippen LogP contribution in [0.1, 0.15) is 71.9 Å². The Bertz CT molecular complexity index is 474. The minimum Gasteiger partial charge on any atom is -0.367 e. The zero-order chi connectivity index (χ0) is 18.5. The van der Waals surface area contributed by atoms with E-state index in [4.69, 9.17) is 21.1 Å². The Morgan fingerprint density at radius 2 is 1.84 bits per heavy atom. The van der Waals surface area contributed by atoms with E-state index >= 15 is 0 Å². The molecule has 0 aliphatic carbocycles. The smallest absolute Gasteiger partial charge is 0.224 e. The minimum absolute atomic E-state index is 0.0913. The summed E-state index contributed by atoms with van der Waals surface area (Å²) in [5, 5.41) is 3.82. The van der Waals surface area contributed by atoms with Crippen molar-refractivity contribution in [1.82, 2.24) is 9.97 Å². The van der Waals surface area contributed by atoms with E-state index in [-0.39, 0.29) is 6.29 Å². The van der Waals surface area contributed by atoms with E-state index in [1.54, 1.807) is 0 Å². The first kappa shape index (κ1) is 22.1. The largest absolute Gasteiger partial charge is 0.367 e. The molecule has 5 nitrogen and oxygen atoms in total. The second-order valence-corrected chi connectivity index (χ2v) is 6.55. The summed E-state index contributed by atoms with van der Waals surface area (Å²) in [6.45, 7) is 9.67. The number of nitrogens with one attached hydrogen (secondary N) is 1. The molecule has 144 valence electrons. The number of anilines is 1. The molecule has 0 saturated heterocycles. The van der Waals surface area contributed by atoms with Gasteiger partial charge < -0.3 is 14.8 Å². The molecule has 0 bridgehead atoms. The van der Waals surface area contributed by atoms with Gasteiger partial charge in [-0.15, -0.1) is 0 Å². The number of rotatable bonds is 14. The highest BCUT2D eigenvalue weighted by molar-refractivity contribution is 6.28. The van der Waals surface area contributed by atoms with Gasteiger partial charge in [0, 0.05) is 31.0 Å². The lowest BCUT2D eigenvalue weighted by molar-refractivity contribution is -0.127. The zero-order valence-electron chi connectivity index (χ0n) is 16.2. The normalized spacial score (nSPS) is 13.6. The van der Waals surface area contributed by atoms with E-state index in [2.05, 4.69) is 29.1 Å². The van der Waals surface area contributed by atoms with Crippen LogP contribution in [0.4, 0.5) is 5.82 Å². The number of unbranched alkanes of at least 4 members (excludes halogenated alkanes) is 3. The van der Waals surface area contributed by atoms with E-state index in [1.165, 1.54) is 19.3 Å². The van der Waals surface area contributed by atoms with Crippen molar-refractivity contribution in [1.29, 1.82) is 0 Å². The molecular formula is C19H34ClN3O2. The highest BCUT2D eigenvalue weighted by atomic mass is 35.5. The lowest BCUT2D eigenvalue weighted by Gasteiger charge is -2.18. The predicted octanol–water partition coefficient (Wildman–Crippen LogP) is 5.23. The van der Waals surface area contributed by atoms with Gasteiger partial charge in [-0.25, -0.2) is 9.97 Å². The Morgan fingerprint density at radius 1 is 1.08 bits per heavy atom. The van der Waals surface area contributed by atoms with Crippen molar-refractivity contribution in [3.8, 4) is 0 Å². The first-order valence-corrected chi connectivity index (χ1v) is 9.99. The average molecular weight is 372 g/mol. The molecule has 1 heterocycles. The van der Waals surface area contributed by atoms with Crippen LogP contribution in [-0.2, 0) is 15.9 Å². The third-order valence-electron chi connectivity index (χ3n) is 4.16. The van der Waals surface area contributed by atoms with Crippen LogP contribution in [0, 0.1) is 0 Å². The molecule has 0 spiro atoms. The summed E-state index contributed by atoms with van der Waals surface area (Å²) in [7, 11) is 0. The fraction of sp³-hybridized carbons (Fsp3) is 0.789. The van der Waals surface area contributed by atoms with Crippen molar-refractivity contribution in [3.63, 3.8) is 0 Å². The molecule has 0 radical (unpaired) electrons. The molecule has 1 aromatic heterocycles. The first-order valence-electron chi connectivity index (χ1n) is 9.62. The maximum Gasteiger partial charge on any atom is 0.224 e. The fourth-order valence-corrected chi connectivity index (χ4v) is 2.89. The van der Waals surface area contributed by atoms with Crippen molar-refractivity contribution in [2.24, 2.45) is 0 Å². The van der Waals surface area contributed by atoms with Crippen molar-refractivity contribution in [3.05, 3.63) is 17.0 Å². The van der Waals surface area contributed by atoms with Gasteiger partial charge in [0.1, 0.15) is 5.82 Å². The van der Waals surface area contributed by atoms with Crippen molar-refractivity contribution in [2.75, 3.05) is 18.5 Å². The predicted molar refractivity (Wildman–Crippen MR) is 104 cm³/mol. The van der Waals surface area contributed by atoms with Crippen LogP contribution in [0.2, 0.25) is 5.28 Å². The molecule has 0 fully saturated rings. The summed E-state index contributed by atoms with van der Waals surface area (Å²) in [6.07, 6.45) is 7.66. The molecule has 0 aliphatic heterocycles. The number of nitrogens with zero attached hydrogens (tertiary/aromatic N) is 2. The van der Waals surface area contributed by atoms with Crippen LogP contribution in [0.15, 0.2) is 6.07 Å². The van der Waals surface area contributed by atoms with Gasteiger partial charge in [0.05, 0.1) is 0 Å². The van der Waals surface area contributed by atoms with E-state index < -0.39 is 0 Å². The van der Waals surface area contributed by atoms with Gasteiger partial charge >= 0.3 is 0 Å². The molecule has 0 saturated carbocycles. The highest BCUT2D eigenvalue weighted by Gasteiger charge is 2.09. The SMILES string of the molecule is CCOC(C)OCCCCCCC(CC)Nc1cc(CC)nc(Cl)n1. The Kier molecular flexibility index (Phi) is 11.8. The van der Waals surface area contributed by atoms with E-state index in [0.717, 1.165) is 43.8 Å². The van der Waals surface area contributed by atoms with E-state index in [1.807, 2.05) is 19.9 Å². The van der Waals surface area contributed by atoms with Crippen molar-refractivity contribution in [2.45, 2.75) is 85.0 Å². The maximum atomic E-state index is 5.99. The summed E-state index contributed by atoms with van der Waals surface area (Å²) in [4.78, 5) is 8.49. The number of aryl methyl sites for hydroxylation is 1. The summed E-state index contributed by atoms with van der Waals surface area (Å²) < 4.78 is 10.9. The van der Waals surface area contributed by atoms with Crippen LogP contribution in [0.3, 0.4) is 0 Å². The number of aromatic nitrogens is 2. The van der Waals surface area contributed by atoms with Crippen LogP contribution >= 0.6 is 11.6 Å². The van der Waals surface area contributed by atoms with Crippen LogP contribution in [-0.4, -0.2) is 35.5 Å². The lowest BCUT2D eigenvalue weighted by Crippen LogP contribution is -2.19. The number of hydrogen-bond acceptors (Lipinski definition) is 5. The van der Waals surface area contributed by atoms with Gasteiger partial charge in [-0.2, -0.15) is 0 Å². The topological polar surface area (TPSA) is 56.3 Å². The molecule has 0 amide bonds. The highest BCUT2D eigenvalue weighted by Crippen LogP contribution is 2.16. The molecule has 2 atom stereocenters. The third kappa shape index (κ3) is 9.97. The fourth-order valence-electron chi connectivity index (χ4n) is 2.69. The number of halogens is 1. The van der Waals surface area contributed by atoms with Gasteiger partial charge in [-0.05, 0) is 51.1 Å². The van der Waals surface area contributed by atoms with Crippen LogP contribution in [0.5, 0.6) is 0 Å². The summed E-state index contributed by atoms with van der Waals surface area (Å²) in [5.74, 6) is 0.835. The maximum absolute atomic E-state index is 5.99. The minimum atomic E-state index is -0.0913. The average Bonchev–Trinajstić information content (AvgIpc) is 2.59. The molecule has 1 aromatic rings. The van der Waals surface area contributed by atoms with Crippen molar-refractivity contribution < 1.29 is 9.47 Å². The molecule has 6 heteroatoms. The standard InChI is InChI=1S/C19H34ClN3O2/c1-5-16(21-18-14-17(6-2)22-19(20)23-18)12-10-8-9-11-13-25-15(4)24-7-3/h14-16H,5-13H2,1-4H3,(H,21,22,23). The second-order valence-electron chi connectivity index (χ2n) is 6.21. The molecule has 1 N–H and O–H groups in total. The molecular weight excluding hydrogens is 338 g/mol. The molecule has 0 aliphatic rings. The van der Waals surface area contributed by atoms with Crippen LogP contribution < -0.4 is 5.32 Å².